The molecule has 0 bridgehead atoms. The summed E-state index contributed by atoms with van der Waals surface area (Å²) in [6.07, 6.45) is 5.23. The fourth-order valence-electron chi connectivity index (χ4n) is 5.16. The largest absolute Gasteiger partial charge is 0.441 e. The minimum atomic E-state index is -0.714. The maximum atomic E-state index is 12.6. The van der Waals surface area contributed by atoms with E-state index in [1.807, 2.05) is 0 Å². The second-order valence-corrected chi connectivity index (χ2v) is 10.1. The van der Waals surface area contributed by atoms with Crippen molar-refractivity contribution in [1.29, 1.82) is 5.26 Å². The standard InChI is InChI=1S/C25H25ClN8O3/c1-14(18-4-3-7-28-21(18)26)37-24(36)31-22-20(32-33-34(22)2)19-6-5-17(13-29-19)30-23(35)16-10-25(11-16)8-15(9-25)12-27/h3-7,13-16H,8-11H2,1-2H3,(H,30,35)(H,31,36)/t14-,15?,16?,25?/m1/s1. The Hall–Kier alpha value is -4.04. The molecule has 2 N–H and O–H groups in total. The quantitative estimate of drug-likeness (QED) is 0.451. The smallest absolute Gasteiger partial charge is 0.413 e. The van der Waals surface area contributed by atoms with E-state index in [9.17, 15) is 9.59 Å². The zero-order chi connectivity index (χ0) is 26.2. The van der Waals surface area contributed by atoms with Gasteiger partial charge in [0, 0.05) is 30.6 Å². The molecule has 2 aliphatic rings. The van der Waals surface area contributed by atoms with Gasteiger partial charge in [-0.3, -0.25) is 15.1 Å². The summed E-state index contributed by atoms with van der Waals surface area (Å²) in [5.74, 6) is 0.374. The monoisotopic (exact) mass is 520 g/mol. The minimum Gasteiger partial charge on any atom is -0.441 e. The van der Waals surface area contributed by atoms with Gasteiger partial charge in [-0.15, -0.1) is 5.10 Å². The van der Waals surface area contributed by atoms with Crippen molar-refractivity contribution in [3.8, 4) is 17.5 Å². The number of rotatable bonds is 6. The number of carbonyl (C=O) groups is 2. The van der Waals surface area contributed by atoms with Crippen LogP contribution in [0.5, 0.6) is 0 Å². The van der Waals surface area contributed by atoms with E-state index in [0.717, 1.165) is 25.7 Å². The molecule has 12 heteroatoms. The lowest BCUT2D eigenvalue weighted by Gasteiger charge is -2.55. The zero-order valence-corrected chi connectivity index (χ0v) is 21.1. The Kier molecular flexibility index (Phi) is 6.52. The molecule has 0 unspecified atom stereocenters. The van der Waals surface area contributed by atoms with Gasteiger partial charge in [-0.2, -0.15) is 5.26 Å². The number of hydrogen-bond acceptors (Lipinski definition) is 8. The Morgan fingerprint density at radius 3 is 2.68 bits per heavy atom. The minimum absolute atomic E-state index is 0.0342. The van der Waals surface area contributed by atoms with Gasteiger partial charge in [-0.1, -0.05) is 22.9 Å². The molecule has 5 rings (SSSR count). The van der Waals surface area contributed by atoms with E-state index >= 15 is 0 Å². The van der Waals surface area contributed by atoms with E-state index in [-0.39, 0.29) is 28.3 Å². The number of nitrogens with one attached hydrogen (secondary N) is 2. The first kappa shape index (κ1) is 24.6. The van der Waals surface area contributed by atoms with Crippen LogP contribution < -0.4 is 10.6 Å². The SMILES string of the molecule is C[C@@H](OC(=O)Nc1c(-c2ccc(NC(=O)C3CC4(CC(C#N)C4)C3)cn2)nnn1C)c1cccnc1Cl. The first-order valence-electron chi connectivity index (χ1n) is 11.9. The second kappa shape index (κ2) is 9.78. The molecule has 1 atom stereocenters. The van der Waals surface area contributed by atoms with Gasteiger partial charge in [0.1, 0.15) is 11.3 Å². The van der Waals surface area contributed by atoms with Gasteiger partial charge in [0.15, 0.2) is 11.5 Å². The maximum Gasteiger partial charge on any atom is 0.413 e. The summed E-state index contributed by atoms with van der Waals surface area (Å²) in [5.41, 5.74) is 2.16. The average molecular weight is 521 g/mol. The van der Waals surface area contributed by atoms with Gasteiger partial charge in [0.05, 0.1) is 23.6 Å². The summed E-state index contributed by atoms with van der Waals surface area (Å²) < 4.78 is 6.85. The number of aromatic nitrogens is 5. The summed E-state index contributed by atoms with van der Waals surface area (Å²) in [6, 6.07) is 9.17. The molecule has 0 radical (unpaired) electrons. The van der Waals surface area contributed by atoms with E-state index in [0.29, 0.717) is 28.5 Å². The molecule has 2 aliphatic carbocycles. The summed E-state index contributed by atoms with van der Waals surface area (Å²) in [5, 5.41) is 22.9. The molecule has 2 fully saturated rings. The first-order chi connectivity index (χ1) is 17.8. The van der Waals surface area contributed by atoms with Crippen molar-refractivity contribution < 1.29 is 14.3 Å². The number of halogens is 1. The van der Waals surface area contributed by atoms with Crippen molar-refractivity contribution in [3.63, 3.8) is 0 Å². The number of carbonyl (C=O) groups excluding carboxylic acids is 2. The zero-order valence-electron chi connectivity index (χ0n) is 20.3. The Morgan fingerprint density at radius 2 is 2.00 bits per heavy atom. The highest BCUT2D eigenvalue weighted by Crippen LogP contribution is 2.61. The molecule has 3 aromatic heterocycles. The predicted octanol–water partition coefficient (Wildman–Crippen LogP) is 4.50. The summed E-state index contributed by atoms with van der Waals surface area (Å²) in [4.78, 5) is 33.6. The van der Waals surface area contributed by atoms with E-state index < -0.39 is 12.2 Å². The van der Waals surface area contributed by atoms with Crippen LogP contribution in [0.25, 0.3) is 11.4 Å². The number of pyridine rings is 2. The molecule has 2 amide bonds. The van der Waals surface area contributed by atoms with Crippen molar-refractivity contribution in [2.45, 2.75) is 38.7 Å². The Labute approximate surface area is 218 Å². The third-order valence-electron chi connectivity index (χ3n) is 7.10. The molecule has 1 spiro atoms. The number of ether oxygens (including phenoxy) is 1. The Morgan fingerprint density at radius 1 is 1.22 bits per heavy atom. The lowest BCUT2D eigenvalue weighted by atomic mass is 9.48. The van der Waals surface area contributed by atoms with E-state index in [4.69, 9.17) is 21.6 Å². The van der Waals surface area contributed by atoms with Crippen molar-refractivity contribution in [3.05, 3.63) is 47.4 Å². The van der Waals surface area contributed by atoms with E-state index in [1.165, 1.54) is 4.68 Å². The van der Waals surface area contributed by atoms with Gasteiger partial charge in [-0.25, -0.2) is 14.5 Å². The van der Waals surface area contributed by atoms with Crippen molar-refractivity contribution in [2.24, 2.45) is 24.3 Å². The topological polar surface area (TPSA) is 148 Å². The third kappa shape index (κ3) is 4.97. The molecular weight excluding hydrogens is 496 g/mol. The molecular formula is C25H25ClN8O3. The highest BCUT2D eigenvalue weighted by atomic mass is 35.5. The Bertz CT molecular complexity index is 1370. The lowest BCUT2D eigenvalue weighted by Crippen LogP contribution is -2.50. The number of amides is 2. The predicted molar refractivity (Wildman–Crippen MR) is 134 cm³/mol. The molecule has 0 saturated heterocycles. The van der Waals surface area contributed by atoms with Gasteiger partial charge in [-0.05, 0) is 56.2 Å². The number of hydrogen-bond donors (Lipinski definition) is 2. The molecule has 190 valence electrons. The van der Waals surface area contributed by atoms with E-state index in [2.05, 4.69) is 37.0 Å². The molecule has 37 heavy (non-hydrogen) atoms. The Balaban J connectivity index is 1.19. The van der Waals surface area contributed by atoms with Crippen LogP contribution in [0.4, 0.5) is 16.3 Å². The fraction of sp³-hybridized carbons (Fsp3) is 0.400. The van der Waals surface area contributed by atoms with Gasteiger partial charge in [0.2, 0.25) is 5.91 Å². The van der Waals surface area contributed by atoms with Crippen LogP contribution in [0.3, 0.4) is 0 Å². The van der Waals surface area contributed by atoms with Gasteiger partial charge >= 0.3 is 6.09 Å². The average Bonchev–Trinajstić information content (AvgIpc) is 3.18. The van der Waals surface area contributed by atoms with Crippen molar-refractivity contribution in [2.75, 3.05) is 10.6 Å². The van der Waals surface area contributed by atoms with Crippen molar-refractivity contribution in [1.82, 2.24) is 25.0 Å². The maximum absolute atomic E-state index is 12.6. The van der Waals surface area contributed by atoms with Crippen molar-refractivity contribution >= 4 is 35.1 Å². The molecule has 2 saturated carbocycles. The highest BCUT2D eigenvalue weighted by molar-refractivity contribution is 6.30. The second-order valence-electron chi connectivity index (χ2n) is 9.73. The lowest BCUT2D eigenvalue weighted by molar-refractivity contribution is -0.133. The highest BCUT2D eigenvalue weighted by Gasteiger charge is 2.54. The van der Waals surface area contributed by atoms with Gasteiger partial charge in [0.25, 0.3) is 0 Å². The molecule has 0 aromatic carbocycles. The number of nitrogens with zero attached hydrogens (tertiary/aromatic N) is 6. The fourth-order valence-corrected chi connectivity index (χ4v) is 5.43. The molecule has 3 aromatic rings. The van der Waals surface area contributed by atoms with Gasteiger partial charge < -0.3 is 10.1 Å². The van der Waals surface area contributed by atoms with E-state index in [1.54, 1.807) is 50.6 Å². The number of aryl methyl sites for hydroxylation is 1. The summed E-state index contributed by atoms with van der Waals surface area (Å²) in [7, 11) is 1.63. The van der Waals surface area contributed by atoms with Crippen LogP contribution in [-0.4, -0.2) is 37.0 Å². The normalized spacial score (nSPS) is 22.8. The van der Waals surface area contributed by atoms with Crippen LogP contribution in [0.1, 0.15) is 44.3 Å². The number of nitriles is 1. The van der Waals surface area contributed by atoms with Crippen LogP contribution in [0.2, 0.25) is 5.15 Å². The van der Waals surface area contributed by atoms with Crippen LogP contribution in [-0.2, 0) is 16.6 Å². The van der Waals surface area contributed by atoms with Crippen LogP contribution >= 0.6 is 11.6 Å². The third-order valence-corrected chi connectivity index (χ3v) is 7.42. The molecule has 0 aliphatic heterocycles. The van der Waals surface area contributed by atoms with Crippen LogP contribution in [0.15, 0.2) is 36.7 Å². The first-order valence-corrected chi connectivity index (χ1v) is 12.3. The summed E-state index contributed by atoms with van der Waals surface area (Å²) >= 11 is 6.09. The summed E-state index contributed by atoms with van der Waals surface area (Å²) in [6.45, 7) is 1.69. The van der Waals surface area contributed by atoms with Crippen LogP contribution in [0, 0.1) is 28.6 Å². The molecule has 3 heterocycles. The number of anilines is 2. The molecule has 11 nitrogen and oxygen atoms in total.